The summed E-state index contributed by atoms with van der Waals surface area (Å²) in [7, 11) is 2.69. The van der Waals surface area contributed by atoms with Crippen molar-refractivity contribution in [2.24, 2.45) is 0 Å². The van der Waals surface area contributed by atoms with E-state index in [4.69, 9.17) is 4.74 Å². The molecule has 2 heterocycles. The van der Waals surface area contributed by atoms with E-state index in [2.05, 4.69) is 15.0 Å². The molecule has 1 aromatic rings. The molecule has 1 N–H and O–H groups in total. The van der Waals surface area contributed by atoms with Crippen LogP contribution in [0.4, 0.5) is 0 Å². The van der Waals surface area contributed by atoms with Crippen LogP contribution >= 0.6 is 0 Å². The number of amides is 2. The summed E-state index contributed by atoms with van der Waals surface area (Å²) in [6.07, 6.45) is 1.27. The SMILES string of the molecule is COC(=O)C[C@@H]1C(=O)NCCN1C(=O)c1ccnc(OC)c1. The normalized spacial score (nSPS) is 17.6. The third-order valence-electron chi connectivity index (χ3n) is 3.37. The monoisotopic (exact) mass is 307 g/mol. The van der Waals surface area contributed by atoms with E-state index in [9.17, 15) is 14.4 Å². The smallest absolute Gasteiger partial charge is 0.308 e. The Morgan fingerprint density at radius 1 is 1.45 bits per heavy atom. The fraction of sp³-hybridized carbons (Fsp3) is 0.429. The van der Waals surface area contributed by atoms with Gasteiger partial charge in [0.2, 0.25) is 11.8 Å². The molecule has 1 aliphatic rings. The van der Waals surface area contributed by atoms with Crippen LogP contribution in [0.3, 0.4) is 0 Å². The van der Waals surface area contributed by atoms with Crippen LogP contribution in [0.2, 0.25) is 0 Å². The summed E-state index contributed by atoms with van der Waals surface area (Å²) in [5.41, 5.74) is 0.344. The van der Waals surface area contributed by atoms with Gasteiger partial charge in [-0.25, -0.2) is 4.98 Å². The average molecular weight is 307 g/mol. The van der Waals surface area contributed by atoms with E-state index in [0.29, 0.717) is 24.5 Å². The lowest BCUT2D eigenvalue weighted by molar-refractivity contribution is -0.145. The van der Waals surface area contributed by atoms with Crippen molar-refractivity contribution >= 4 is 17.8 Å². The molecule has 1 atom stereocenters. The molecular formula is C14H17N3O5. The molecule has 0 unspecified atom stereocenters. The van der Waals surface area contributed by atoms with Gasteiger partial charge in [-0.2, -0.15) is 0 Å². The maximum Gasteiger partial charge on any atom is 0.308 e. The molecule has 22 heavy (non-hydrogen) atoms. The zero-order valence-corrected chi connectivity index (χ0v) is 12.4. The molecule has 0 radical (unpaired) electrons. The lowest BCUT2D eigenvalue weighted by Gasteiger charge is -2.34. The average Bonchev–Trinajstić information content (AvgIpc) is 2.55. The first kappa shape index (κ1) is 15.7. The molecule has 0 aliphatic carbocycles. The minimum atomic E-state index is -0.882. The standard InChI is InChI=1S/C14H17N3O5/c1-21-11-7-9(3-4-15-11)14(20)17-6-5-16-13(19)10(17)8-12(18)22-2/h3-4,7,10H,5-6,8H2,1-2H3,(H,16,19)/t10-/m1/s1. The number of nitrogens with one attached hydrogen (secondary N) is 1. The van der Waals surface area contributed by atoms with Crippen molar-refractivity contribution in [1.82, 2.24) is 15.2 Å². The molecule has 8 nitrogen and oxygen atoms in total. The summed E-state index contributed by atoms with van der Waals surface area (Å²) < 4.78 is 9.57. The fourth-order valence-corrected chi connectivity index (χ4v) is 2.22. The van der Waals surface area contributed by atoms with Gasteiger partial charge < -0.3 is 19.7 Å². The number of hydrogen-bond donors (Lipinski definition) is 1. The lowest BCUT2D eigenvalue weighted by atomic mass is 10.1. The highest BCUT2D eigenvalue weighted by atomic mass is 16.5. The van der Waals surface area contributed by atoms with E-state index in [0.717, 1.165) is 0 Å². The second-order valence-corrected chi connectivity index (χ2v) is 4.67. The number of pyridine rings is 1. The minimum absolute atomic E-state index is 0.184. The summed E-state index contributed by atoms with van der Waals surface area (Å²) in [4.78, 5) is 41.3. The van der Waals surface area contributed by atoms with Crippen molar-refractivity contribution in [1.29, 1.82) is 0 Å². The Bertz CT molecular complexity index is 590. The molecule has 0 aromatic carbocycles. The number of rotatable bonds is 4. The Morgan fingerprint density at radius 3 is 2.91 bits per heavy atom. The molecule has 118 valence electrons. The number of esters is 1. The van der Waals surface area contributed by atoms with E-state index in [1.165, 1.54) is 37.4 Å². The largest absolute Gasteiger partial charge is 0.481 e. The molecule has 0 bridgehead atoms. The third kappa shape index (κ3) is 3.33. The highest BCUT2D eigenvalue weighted by Crippen LogP contribution is 2.16. The van der Waals surface area contributed by atoms with Gasteiger partial charge in [0, 0.05) is 30.9 Å². The van der Waals surface area contributed by atoms with Crippen molar-refractivity contribution < 1.29 is 23.9 Å². The van der Waals surface area contributed by atoms with E-state index in [1.807, 2.05) is 0 Å². The minimum Gasteiger partial charge on any atom is -0.481 e. The van der Waals surface area contributed by atoms with Gasteiger partial charge in [0.25, 0.3) is 5.91 Å². The zero-order chi connectivity index (χ0) is 16.1. The van der Waals surface area contributed by atoms with Gasteiger partial charge in [-0.05, 0) is 6.07 Å². The van der Waals surface area contributed by atoms with Crippen LogP contribution in [0, 0.1) is 0 Å². The molecular weight excluding hydrogens is 290 g/mol. The molecule has 0 saturated carbocycles. The van der Waals surface area contributed by atoms with E-state index < -0.39 is 12.0 Å². The number of nitrogens with zero attached hydrogens (tertiary/aromatic N) is 2. The third-order valence-corrected chi connectivity index (χ3v) is 3.37. The number of ether oxygens (including phenoxy) is 2. The predicted molar refractivity (Wildman–Crippen MR) is 75.3 cm³/mol. The number of hydrogen-bond acceptors (Lipinski definition) is 6. The molecule has 1 aromatic heterocycles. The summed E-state index contributed by atoms with van der Waals surface area (Å²) in [5, 5.41) is 2.64. The topological polar surface area (TPSA) is 97.8 Å². The highest BCUT2D eigenvalue weighted by molar-refractivity contribution is 5.99. The first-order chi connectivity index (χ1) is 10.6. The van der Waals surface area contributed by atoms with Crippen molar-refractivity contribution in [3.8, 4) is 5.88 Å². The highest BCUT2D eigenvalue weighted by Gasteiger charge is 2.35. The van der Waals surface area contributed by atoms with Crippen molar-refractivity contribution in [2.45, 2.75) is 12.5 Å². The lowest BCUT2D eigenvalue weighted by Crippen LogP contribution is -2.57. The van der Waals surface area contributed by atoms with Crippen LogP contribution in [0.15, 0.2) is 18.3 Å². The maximum atomic E-state index is 12.6. The van der Waals surface area contributed by atoms with Gasteiger partial charge in [-0.15, -0.1) is 0 Å². The Hall–Kier alpha value is -2.64. The van der Waals surface area contributed by atoms with Crippen LogP contribution in [0.5, 0.6) is 5.88 Å². The fourth-order valence-electron chi connectivity index (χ4n) is 2.22. The molecule has 2 amide bonds. The summed E-state index contributed by atoms with van der Waals surface area (Å²) in [5.74, 6) is -0.973. The van der Waals surface area contributed by atoms with Crippen LogP contribution in [0.25, 0.3) is 0 Å². The van der Waals surface area contributed by atoms with Gasteiger partial charge in [0.05, 0.1) is 20.6 Å². The Kier molecular flexibility index (Phi) is 4.92. The molecule has 0 spiro atoms. The number of piperazine rings is 1. The van der Waals surface area contributed by atoms with E-state index in [-0.39, 0.29) is 18.2 Å². The van der Waals surface area contributed by atoms with Crippen LogP contribution < -0.4 is 10.1 Å². The van der Waals surface area contributed by atoms with E-state index in [1.54, 1.807) is 0 Å². The van der Waals surface area contributed by atoms with Gasteiger partial charge in [-0.3, -0.25) is 14.4 Å². The second-order valence-electron chi connectivity index (χ2n) is 4.67. The van der Waals surface area contributed by atoms with Crippen molar-refractivity contribution in [3.05, 3.63) is 23.9 Å². The maximum absolute atomic E-state index is 12.6. The Labute approximate surface area is 127 Å². The first-order valence-corrected chi connectivity index (χ1v) is 6.72. The summed E-state index contributed by atoms with van der Waals surface area (Å²) in [6, 6.07) is 2.14. The summed E-state index contributed by atoms with van der Waals surface area (Å²) in [6.45, 7) is 0.654. The number of aromatic nitrogens is 1. The molecule has 1 saturated heterocycles. The molecule has 2 rings (SSSR count). The van der Waals surface area contributed by atoms with E-state index >= 15 is 0 Å². The first-order valence-electron chi connectivity index (χ1n) is 6.72. The molecule has 1 aliphatic heterocycles. The van der Waals surface area contributed by atoms with Crippen LogP contribution in [0.1, 0.15) is 16.8 Å². The molecule has 8 heteroatoms. The van der Waals surface area contributed by atoms with Crippen molar-refractivity contribution in [3.63, 3.8) is 0 Å². The van der Waals surface area contributed by atoms with Gasteiger partial charge >= 0.3 is 5.97 Å². The number of methoxy groups -OCH3 is 2. The summed E-state index contributed by atoms with van der Waals surface area (Å²) >= 11 is 0. The Balaban J connectivity index is 2.24. The molecule has 1 fully saturated rings. The number of carbonyl (C=O) groups excluding carboxylic acids is 3. The quantitative estimate of drug-likeness (QED) is 0.760. The van der Waals surface area contributed by atoms with Gasteiger partial charge in [0.15, 0.2) is 0 Å². The number of carbonyl (C=O) groups is 3. The predicted octanol–water partition coefficient (Wildman–Crippen LogP) is -0.406. The second kappa shape index (κ2) is 6.88. The van der Waals surface area contributed by atoms with Crippen molar-refractivity contribution in [2.75, 3.05) is 27.3 Å². The van der Waals surface area contributed by atoms with Gasteiger partial charge in [0.1, 0.15) is 6.04 Å². The zero-order valence-electron chi connectivity index (χ0n) is 12.4. The van der Waals surface area contributed by atoms with Gasteiger partial charge in [-0.1, -0.05) is 0 Å². The van der Waals surface area contributed by atoms with Crippen LogP contribution in [-0.4, -0.2) is 61.0 Å². The Morgan fingerprint density at radius 2 is 2.23 bits per heavy atom. The van der Waals surface area contributed by atoms with Crippen LogP contribution in [-0.2, 0) is 14.3 Å².